The zero-order valence-electron chi connectivity index (χ0n) is 14.3. The molecule has 0 saturated carbocycles. The summed E-state index contributed by atoms with van der Waals surface area (Å²) >= 11 is 0. The molecule has 22 heavy (non-hydrogen) atoms. The molecule has 3 atom stereocenters. The van der Waals surface area contributed by atoms with Gasteiger partial charge < -0.3 is 15.4 Å². The standard InChI is InChI=1S/C16H32N4O.HI/c1-13-6-4-9-20(10-13)16(17)18-7-5-8-19-11-14(2)21-15(3)12-19;/h13-15H,4-12H2,1-3H3,(H2,17,18);1H. The molecule has 2 N–H and O–H groups in total. The maximum atomic E-state index is 6.12. The van der Waals surface area contributed by atoms with Crippen LogP contribution in [0.1, 0.15) is 40.0 Å². The molecule has 0 aromatic heterocycles. The van der Waals surface area contributed by atoms with Crippen LogP contribution >= 0.6 is 24.0 Å². The zero-order valence-corrected chi connectivity index (χ0v) is 16.7. The summed E-state index contributed by atoms with van der Waals surface area (Å²) in [6, 6.07) is 0. The molecule has 2 heterocycles. The van der Waals surface area contributed by atoms with Gasteiger partial charge in [0, 0.05) is 39.3 Å². The van der Waals surface area contributed by atoms with Gasteiger partial charge in [-0.05, 0) is 39.0 Å². The average Bonchev–Trinajstić information content (AvgIpc) is 2.42. The van der Waals surface area contributed by atoms with Crippen LogP contribution in [0, 0.1) is 5.92 Å². The number of hydrogen-bond acceptors (Lipinski definition) is 3. The SMILES string of the molecule is CC1CCCN(C(N)=NCCCN2CC(C)OC(C)C2)C1.I. The highest BCUT2D eigenvalue weighted by Crippen LogP contribution is 2.15. The van der Waals surface area contributed by atoms with E-state index in [1.807, 2.05) is 0 Å². The average molecular weight is 424 g/mol. The fourth-order valence-electron chi connectivity index (χ4n) is 3.45. The van der Waals surface area contributed by atoms with Crippen LogP contribution in [0.5, 0.6) is 0 Å². The third kappa shape index (κ3) is 6.58. The Morgan fingerprint density at radius 3 is 2.50 bits per heavy atom. The molecule has 0 radical (unpaired) electrons. The molecule has 2 saturated heterocycles. The quantitative estimate of drug-likeness (QED) is 0.325. The van der Waals surface area contributed by atoms with E-state index in [9.17, 15) is 0 Å². The Bertz CT molecular complexity index is 343. The van der Waals surface area contributed by atoms with Crippen molar-refractivity contribution in [1.82, 2.24) is 9.80 Å². The maximum absolute atomic E-state index is 6.12. The first-order chi connectivity index (χ1) is 10.0. The molecule has 0 spiro atoms. The number of rotatable bonds is 4. The number of nitrogens with two attached hydrogens (primary N) is 1. The van der Waals surface area contributed by atoms with Crippen LogP contribution in [-0.2, 0) is 4.74 Å². The van der Waals surface area contributed by atoms with Gasteiger partial charge in [-0.2, -0.15) is 0 Å². The lowest BCUT2D eigenvalue weighted by atomic mass is 10.0. The van der Waals surface area contributed by atoms with Crippen molar-refractivity contribution >= 4 is 29.9 Å². The zero-order chi connectivity index (χ0) is 15.2. The summed E-state index contributed by atoms with van der Waals surface area (Å²) in [6.45, 7) is 12.7. The van der Waals surface area contributed by atoms with E-state index in [0.717, 1.165) is 57.6 Å². The second kappa shape index (κ2) is 9.93. The number of likely N-dealkylation sites (tertiary alicyclic amines) is 1. The minimum atomic E-state index is 0. The van der Waals surface area contributed by atoms with E-state index in [0.29, 0.717) is 12.2 Å². The minimum Gasteiger partial charge on any atom is -0.373 e. The number of aliphatic imine (C=N–C) groups is 1. The lowest BCUT2D eigenvalue weighted by molar-refractivity contribution is -0.0679. The van der Waals surface area contributed by atoms with Gasteiger partial charge in [0.25, 0.3) is 0 Å². The third-order valence-corrected chi connectivity index (χ3v) is 4.38. The van der Waals surface area contributed by atoms with E-state index in [4.69, 9.17) is 10.5 Å². The summed E-state index contributed by atoms with van der Waals surface area (Å²) in [5.41, 5.74) is 6.12. The molecule has 6 heteroatoms. The third-order valence-electron chi connectivity index (χ3n) is 4.38. The number of ether oxygens (including phenoxy) is 1. The molecule has 0 bridgehead atoms. The van der Waals surface area contributed by atoms with Gasteiger partial charge in [-0.3, -0.25) is 9.89 Å². The second-order valence-electron chi connectivity index (χ2n) is 6.80. The van der Waals surface area contributed by atoms with Crippen LogP contribution in [0.2, 0.25) is 0 Å². The lowest BCUT2D eigenvalue weighted by Gasteiger charge is -2.35. The van der Waals surface area contributed by atoms with Crippen molar-refractivity contribution in [3.63, 3.8) is 0 Å². The predicted octanol–water partition coefficient (Wildman–Crippen LogP) is 2.15. The van der Waals surface area contributed by atoms with Gasteiger partial charge in [0.1, 0.15) is 0 Å². The summed E-state index contributed by atoms with van der Waals surface area (Å²) in [5, 5.41) is 0. The highest BCUT2D eigenvalue weighted by molar-refractivity contribution is 14.0. The first kappa shape index (κ1) is 20.0. The van der Waals surface area contributed by atoms with E-state index in [2.05, 4.69) is 35.6 Å². The topological polar surface area (TPSA) is 54.1 Å². The van der Waals surface area contributed by atoms with E-state index in [1.54, 1.807) is 0 Å². The highest BCUT2D eigenvalue weighted by Gasteiger charge is 2.21. The molecule has 2 rings (SSSR count). The molecule has 0 aromatic carbocycles. The van der Waals surface area contributed by atoms with E-state index < -0.39 is 0 Å². The number of halogens is 1. The monoisotopic (exact) mass is 424 g/mol. The Kier molecular flexibility index (Phi) is 9.01. The molecule has 2 aliphatic rings. The summed E-state index contributed by atoms with van der Waals surface area (Å²) in [7, 11) is 0. The fourth-order valence-corrected chi connectivity index (χ4v) is 3.45. The van der Waals surface area contributed by atoms with Crippen LogP contribution in [-0.4, -0.2) is 67.2 Å². The molecule has 0 aliphatic carbocycles. The summed E-state index contributed by atoms with van der Waals surface area (Å²) in [5.74, 6) is 1.48. The van der Waals surface area contributed by atoms with Crippen LogP contribution in [0.3, 0.4) is 0 Å². The van der Waals surface area contributed by atoms with Crippen molar-refractivity contribution in [2.24, 2.45) is 16.6 Å². The number of morpholine rings is 1. The summed E-state index contributed by atoms with van der Waals surface area (Å²) in [6.07, 6.45) is 4.32. The molecule has 3 unspecified atom stereocenters. The molecule has 2 fully saturated rings. The molecule has 0 amide bonds. The minimum absolute atomic E-state index is 0. The summed E-state index contributed by atoms with van der Waals surface area (Å²) < 4.78 is 5.75. The van der Waals surface area contributed by atoms with Gasteiger partial charge in [0.05, 0.1) is 12.2 Å². The lowest BCUT2D eigenvalue weighted by Crippen LogP contribution is -2.46. The first-order valence-corrected chi connectivity index (χ1v) is 8.47. The summed E-state index contributed by atoms with van der Waals surface area (Å²) in [4.78, 5) is 9.29. The van der Waals surface area contributed by atoms with Gasteiger partial charge >= 0.3 is 0 Å². The van der Waals surface area contributed by atoms with Crippen molar-refractivity contribution in [3.8, 4) is 0 Å². The van der Waals surface area contributed by atoms with Gasteiger partial charge in [-0.25, -0.2) is 0 Å². The van der Waals surface area contributed by atoms with Crippen LogP contribution in [0.15, 0.2) is 4.99 Å². The van der Waals surface area contributed by atoms with Crippen LogP contribution in [0.25, 0.3) is 0 Å². The molecule has 5 nitrogen and oxygen atoms in total. The molecule has 0 aromatic rings. The molecule has 130 valence electrons. The van der Waals surface area contributed by atoms with Crippen molar-refractivity contribution in [1.29, 1.82) is 0 Å². The molecular formula is C16H33IN4O. The van der Waals surface area contributed by atoms with Gasteiger partial charge in [0.15, 0.2) is 5.96 Å². The number of nitrogens with zero attached hydrogens (tertiary/aromatic N) is 3. The van der Waals surface area contributed by atoms with E-state index >= 15 is 0 Å². The van der Waals surface area contributed by atoms with Gasteiger partial charge in [-0.15, -0.1) is 24.0 Å². The first-order valence-electron chi connectivity index (χ1n) is 8.47. The Balaban J connectivity index is 0.00000242. The number of guanidine groups is 1. The number of piperidine rings is 1. The van der Waals surface area contributed by atoms with Crippen LogP contribution in [0.4, 0.5) is 0 Å². The smallest absolute Gasteiger partial charge is 0.191 e. The van der Waals surface area contributed by atoms with E-state index in [1.165, 1.54) is 12.8 Å². The highest BCUT2D eigenvalue weighted by atomic mass is 127. The Morgan fingerprint density at radius 2 is 1.86 bits per heavy atom. The predicted molar refractivity (Wildman–Crippen MR) is 103 cm³/mol. The Labute approximate surface area is 152 Å². The molecular weight excluding hydrogens is 391 g/mol. The normalized spacial score (nSPS) is 31.0. The van der Waals surface area contributed by atoms with Crippen molar-refractivity contribution < 1.29 is 4.74 Å². The van der Waals surface area contributed by atoms with Gasteiger partial charge in [-0.1, -0.05) is 6.92 Å². The van der Waals surface area contributed by atoms with Gasteiger partial charge in [0.2, 0.25) is 0 Å². The van der Waals surface area contributed by atoms with Crippen molar-refractivity contribution in [2.75, 3.05) is 39.3 Å². The maximum Gasteiger partial charge on any atom is 0.191 e. The Hall–Kier alpha value is -0.0800. The molecule has 2 aliphatic heterocycles. The van der Waals surface area contributed by atoms with Crippen molar-refractivity contribution in [3.05, 3.63) is 0 Å². The fraction of sp³-hybridized carbons (Fsp3) is 0.938. The van der Waals surface area contributed by atoms with Crippen molar-refractivity contribution in [2.45, 2.75) is 52.2 Å². The number of hydrogen-bond donors (Lipinski definition) is 1. The largest absolute Gasteiger partial charge is 0.373 e. The van der Waals surface area contributed by atoms with Crippen LogP contribution < -0.4 is 5.73 Å². The Morgan fingerprint density at radius 1 is 1.18 bits per heavy atom. The van der Waals surface area contributed by atoms with E-state index in [-0.39, 0.29) is 24.0 Å². The second-order valence-corrected chi connectivity index (χ2v) is 6.80.